The standard InChI is InChI=1S/C11H15ClSi/c12-10-4-6-11(7-5-10)13-8-2-1-3-9-13/h4-7,13H,1-3,8-9H2. The molecule has 2 rings (SSSR count). The first-order valence-electron chi connectivity index (χ1n) is 5.12. The molecule has 2 heteroatoms. The first-order valence-corrected chi connectivity index (χ1v) is 7.70. The van der Waals surface area contributed by atoms with Crippen LogP contribution in [0.2, 0.25) is 17.1 Å². The van der Waals surface area contributed by atoms with E-state index in [2.05, 4.69) is 12.1 Å². The zero-order valence-corrected chi connectivity index (χ0v) is 9.71. The van der Waals surface area contributed by atoms with Crippen molar-refractivity contribution in [2.75, 3.05) is 0 Å². The molecule has 0 bridgehead atoms. The number of halogens is 1. The van der Waals surface area contributed by atoms with Crippen molar-refractivity contribution in [1.82, 2.24) is 0 Å². The van der Waals surface area contributed by atoms with Gasteiger partial charge in [0.05, 0.1) is 8.80 Å². The van der Waals surface area contributed by atoms with E-state index in [1.54, 1.807) is 5.19 Å². The summed E-state index contributed by atoms with van der Waals surface area (Å²) in [6.07, 6.45) is 4.37. The molecular formula is C11H15ClSi. The molecule has 13 heavy (non-hydrogen) atoms. The van der Waals surface area contributed by atoms with E-state index in [0.717, 1.165) is 5.02 Å². The summed E-state index contributed by atoms with van der Waals surface area (Å²) in [5.74, 6) is 0. The maximum absolute atomic E-state index is 5.87. The SMILES string of the molecule is Clc1ccc([SiH]2CCCCC2)cc1. The molecule has 1 aromatic carbocycles. The maximum atomic E-state index is 5.87. The number of benzene rings is 1. The Morgan fingerprint density at radius 2 is 1.54 bits per heavy atom. The Hall–Kier alpha value is -0.273. The van der Waals surface area contributed by atoms with Gasteiger partial charge in [-0.3, -0.25) is 0 Å². The third-order valence-corrected chi connectivity index (χ3v) is 6.74. The van der Waals surface area contributed by atoms with Crippen molar-refractivity contribution in [3.8, 4) is 0 Å². The van der Waals surface area contributed by atoms with E-state index in [4.69, 9.17) is 11.6 Å². The minimum Gasteiger partial charge on any atom is -0.0843 e. The summed E-state index contributed by atoms with van der Waals surface area (Å²) in [6.45, 7) is 0. The van der Waals surface area contributed by atoms with Crippen LogP contribution >= 0.6 is 11.6 Å². The van der Waals surface area contributed by atoms with Gasteiger partial charge < -0.3 is 0 Å². The molecule has 0 radical (unpaired) electrons. The summed E-state index contributed by atoms with van der Waals surface area (Å²) in [4.78, 5) is 0. The quantitative estimate of drug-likeness (QED) is 0.626. The molecule has 0 aromatic heterocycles. The lowest BCUT2D eigenvalue weighted by molar-refractivity contribution is 0.728. The molecule has 70 valence electrons. The van der Waals surface area contributed by atoms with Crippen molar-refractivity contribution in [2.24, 2.45) is 0 Å². The Bertz CT molecular complexity index is 262. The van der Waals surface area contributed by atoms with Gasteiger partial charge in [-0.25, -0.2) is 0 Å². The highest BCUT2D eigenvalue weighted by Crippen LogP contribution is 2.19. The first kappa shape index (κ1) is 9.29. The van der Waals surface area contributed by atoms with Crippen LogP contribution in [-0.4, -0.2) is 8.80 Å². The second kappa shape index (κ2) is 4.29. The van der Waals surface area contributed by atoms with E-state index >= 15 is 0 Å². The summed E-state index contributed by atoms with van der Waals surface area (Å²) in [5.41, 5.74) is 0. The number of hydrogen-bond donors (Lipinski definition) is 0. The maximum Gasteiger partial charge on any atom is 0.0708 e. The van der Waals surface area contributed by atoms with Gasteiger partial charge in [0.15, 0.2) is 0 Å². The number of rotatable bonds is 1. The summed E-state index contributed by atoms with van der Waals surface area (Å²) in [7, 11) is -0.564. The van der Waals surface area contributed by atoms with Gasteiger partial charge in [-0.15, -0.1) is 0 Å². The normalized spacial score (nSPS) is 18.8. The van der Waals surface area contributed by atoms with Gasteiger partial charge in [-0.05, 0) is 12.1 Å². The minimum absolute atomic E-state index is 0.564. The molecule has 0 amide bonds. The third kappa shape index (κ3) is 2.35. The summed E-state index contributed by atoms with van der Waals surface area (Å²) in [5, 5.41) is 2.48. The van der Waals surface area contributed by atoms with Crippen LogP contribution in [0, 0.1) is 0 Å². The van der Waals surface area contributed by atoms with Crippen molar-refractivity contribution in [1.29, 1.82) is 0 Å². The Morgan fingerprint density at radius 1 is 0.923 bits per heavy atom. The lowest BCUT2D eigenvalue weighted by atomic mass is 10.3. The zero-order valence-electron chi connectivity index (χ0n) is 7.80. The Morgan fingerprint density at radius 3 is 2.15 bits per heavy atom. The average molecular weight is 211 g/mol. The van der Waals surface area contributed by atoms with Gasteiger partial charge in [0.2, 0.25) is 0 Å². The Kier molecular flexibility index (Phi) is 3.07. The zero-order chi connectivity index (χ0) is 9.10. The van der Waals surface area contributed by atoms with Gasteiger partial charge in [0, 0.05) is 5.02 Å². The predicted molar refractivity (Wildman–Crippen MR) is 61.7 cm³/mol. The van der Waals surface area contributed by atoms with Gasteiger partial charge >= 0.3 is 0 Å². The van der Waals surface area contributed by atoms with Gasteiger partial charge in [-0.2, -0.15) is 0 Å². The predicted octanol–water partition coefficient (Wildman–Crippen LogP) is 2.96. The molecule has 0 unspecified atom stereocenters. The fraction of sp³-hybridized carbons (Fsp3) is 0.455. The third-order valence-electron chi connectivity index (χ3n) is 2.95. The lowest BCUT2D eigenvalue weighted by Crippen LogP contribution is -2.31. The van der Waals surface area contributed by atoms with Crippen LogP contribution in [-0.2, 0) is 0 Å². The van der Waals surface area contributed by atoms with Gasteiger partial charge in [0.1, 0.15) is 0 Å². The van der Waals surface area contributed by atoms with E-state index in [1.807, 2.05) is 12.1 Å². The van der Waals surface area contributed by atoms with Crippen molar-refractivity contribution in [3.63, 3.8) is 0 Å². The molecule has 0 atom stereocenters. The van der Waals surface area contributed by atoms with Crippen LogP contribution in [0.25, 0.3) is 0 Å². The van der Waals surface area contributed by atoms with Crippen LogP contribution in [0.15, 0.2) is 24.3 Å². The lowest BCUT2D eigenvalue weighted by Gasteiger charge is -2.20. The fourth-order valence-corrected chi connectivity index (χ4v) is 5.55. The van der Waals surface area contributed by atoms with Crippen LogP contribution in [0.4, 0.5) is 0 Å². The van der Waals surface area contributed by atoms with Gasteiger partial charge in [-0.1, -0.05) is 60.3 Å². The Labute approximate surface area is 86.5 Å². The summed E-state index contributed by atoms with van der Waals surface area (Å²) in [6, 6.07) is 11.6. The second-order valence-corrected chi connectivity index (χ2v) is 7.54. The van der Waals surface area contributed by atoms with Crippen molar-refractivity contribution in [2.45, 2.75) is 31.4 Å². The van der Waals surface area contributed by atoms with Crippen LogP contribution in [0.1, 0.15) is 19.3 Å². The molecule has 0 spiro atoms. The van der Waals surface area contributed by atoms with Crippen LogP contribution in [0.5, 0.6) is 0 Å². The molecule has 1 heterocycles. The fourth-order valence-electron chi connectivity index (χ4n) is 2.17. The Balaban J connectivity index is 2.10. The highest BCUT2D eigenvalue weighted by Gasteiger charge is 2.16. The molecule has 1 saturated heterocycles. The summed E-state index contributed by atoms with van der Waals surface area (Å²) < 4.78 is 0. The van der Waals surface area contributed by atoms with Crippen LogP contribution < -0.4 is 5.19 Å². The monoisotopic (exact) mass is 210 g/mol. The van der Waals surface area contributed by atoms with Crippen molar-refractivity contribution < 1.29 is 0 Å². The van der Waals surface area contributed by atoms with E-state index in [-0.39, 0.29) is 0 Å². The first-order chi connectivity index (χ1) is 6.36. The van der Waals surface area contributed by atoms with Crippen molar-refractivity contribution in [3.05, 3.63) is 29.3 Å². The molecule has 0 aliphatic carbocycles. The minimum atomic E-state index is -0.564. The largest absolute Gasteiger partial charge is 0.0843 e. The highest BCUT2D eigenvalue weighted by molar-refractivity contribution is 6.73. The summed E-state index contributed by atoms with van der Waals surface area (Å²) >= 11 is 5.87. The van der Waals surface area contributed by atoms with E-state index in [0.29, 0.717) is 0 Å². The van der Waals surface area contributed by atoms with Crippen molar-refractivity contribution >= 4 is 25.6 Å². The van der Waals surface area contributed by atoms with E-state index < -0.39 is 8.80 Å². The highest BCUT2D eigenvalue weighted by atomic mass is 35.5. The smallest absolute Gasteiger partial charge is 0.0708 e. The van der Waals surface area contributed by atoms with E-state index in [9.17, 15) is 0 Å². The number of hydrogen-bond acceptors (Lipinski definition) is 0. The molecule has 0 saturated carbocycles. The van der Waals surface area contributed by atoms with Crippen LogP contribution in [0.3, 0.4) is 0 Å². The molecule has 0 N–H and O–H groups in total. The molecule has 0 nitrogen and oxygen atoms in total. The van der Waals surface area contributed by atoms with E-state index in [1.165, 1.54) is 31.4 Å². The second-order valence-electron chi connectivity index (χ2n) is 3.89. The molecule has 1 aromatic rings. The van der Waals surface area contributed by atoms with Gasteiger partial charge in [0.25, 0.3) is 0 Å². The molecular weight excluding hydrogens is 196 g/mol. The average Bonchev–Trinajstić information content (AvgIpc) is 2.20. The molecule has 1 aliphatic heterocycles. The molecule has 1 fully saturated rings. The topological polar surface area (TPSA) is 0 Å². The molecule has 1 aliphatic rings.